The van der Waals surface area contributed by atoms with Crippen LogP contribution in [-0.2, 0) is 9.47 Å². The molecule has 5 atom stereocenters. The number of thiazole rings is 1. The minimum atomic E-state index is -1.13. The van der Waals surface area contributed by atoms with Crippen LogP contribution in [0.3, 0.4) is 0 Å². The molecule has 4 N–H and O–H groups in total. The van der Waals surface area contributed by atoms with Crippen LogP contribution in [0.4, 0.5) is 5.13 Å². The van der Waals surface area contributed by atoms with Gasteiger partial charge in [-0.05, 0) is 6.07 Å². The molecule has 0 bridgehead atoms. The number of aromatic nitrogens is 7. The Hall–Kier alpha value is -2.72. The van der Waals surface area contributed by atoms with E-state index < -0.39 is 36.4 Å². The van der Waals surface area contributed by atoms with Crippen molar-refractivity contribution < 1.29 is 19.7 Å². The highest BCUT2D eigenvalue weighted by atomic mass is 35.5. The van der Waals surface area contributed by atoms with Crippen molar-refractivity contribution >= 4 is 39.8 Å². The number of aliphatic hydroxyl groups is 2. The normalized spacial score (nSPS) is 24.2. The van der Waals surface area contributed by atoms with E-state index in [1.54, 1.807) is 30.0 Å². The summed E-state index contributed by atoms with van der Waals surface area (Å²) in [5.74, 6) is 0. The molecule has 1 fully saturated rings. The van der Waals surface area contributed by atoms with Gasteiger partial charge in [0.25, 0.3) is 0 Å². The molecule has 0 radical (unpaired) electrons. The maximum Gasteiger partial charge on any atom is 0.180 e. The zero-order valence-electron chi connectivity index (χ0n) is 18.7. The van der Waals surface area contributed by atoms with Crippen LogP contribution in [0, 0.1) is 0 Å². The molecular weight excluding hydrogens is 528 g/mol. The van der Waals surface area contributed by atoms with Crippen LogP contribution in [0.15, 0.2) is 47.5 Å². The number of nitrogens with two attached hydrogens (primary N) is 1. The van der Waals surface area contributed by atoms with Gasteiger partial charge in [-0.2, -0.15) is 0 Å². The van der Waals surface area contributed by atoms with Crippen molar-refractivity contribution in [3.63, 3.8) is 0 Å². The fourth-order valence-electron chi connectivity index (χ4n) is 3.93. The lowest BCUT2D eigenvalue weighted by Gasteiger charge is -2.43. The van der Waals surface area contributed by atoms with Crippen LogP contribution in [0.5, 0.6) is 0 Å². The quantitative estimate of drug-likeness (QED) is 0.307. The van der Waals surface area contributed by atoms with Gasteiger partial charge in [0.2, 0.25) is 0 Å². The van der Waals surface area contributed by atoms with Crippen LogP contribution >= 0.6 is 34.7 Å². The molecule has 188 valence electrons. The van der Waals surface area contributed by atoms with Crippen molar-refractivity contribution in [2.45, 2.75) is 34.7 Å². The van der Waals surface area contributed by atoms with Crippen LogP contribution in [-0.4, -0.2) is 82.6 Å². The molecule has 4 aromatic rings. The maximum atomic E-state index is 11.1. The maximum absolute atomic E-state index is 11.1. The van der Waals surface area contributed by atoms with E-state index in [1.165, 1.54) is 47.4 Å². The molecule has 0 amide bonds. The second-order valence-electron chi connectivity index (χ2n) is 7.81. The molecule has 1 aliphatic heterocycles. The Morgan fingerprint density at radius 3 is 2.78 bits per heavy atom. The number of nitrogens with zero attached hydrogens (tertiary/aromatic N) is 7. The van der Waals surface area contributed by atoms with Crippen molar-refractivity contribution in [1.82, 2.24) is 34.9 Å². The topological polar surface area (TPSA) is 167 Å². The van der Waals surface area contributed by atoms with E-state index in [4.69, 9.17) is 26.8 Å². The van der Waals surface area contributed by atoms with Gasteiger partial charge in [0.1, 0.15) is 47.5 Å². The van der Waals surface area contributed by atoms with Crippen LogP contribution in [0.1, 0.15) is 6.04 Å². The molecule has 1 saturated heterocycles. The van der Waals surface area contributed by atoms with E-state index >= 15 is 0 Å². The van der Waals surface area contributed by atoms with Crippen LogP contribution in [0.2, 0.25) is 5.02 Å². The standard InChI is InChI=1S/C21H21ClN8O4S2/c1-33-19-17(30-6-12(28-29-30)13-8-35-21(23)27-13)18(32)14(7-31)34-20(19)36-15-2-11(22)5-26-16(15)10-3-24-9-25-4-10/h2-6,8-9,14,17-20,31-32H,7H2,1H3,(H2,23,27). The number of nitrogen functional groups attached to an aromatic ring is 1. The zero-order valence-corrected chi connectivity index (χ0v) is 21.1. The lowest BCUT2D eigenvalue weighted by molar-refractivity contribution is -0.186. The highest BCUT2D eigenvalue weighted by molar-refractivity contribution is 8.00. The highest BCUT2D eigenvalue weighted by Gasteiger charge is 2.47. The average Bonchev–Trinajstić information content (AvgIpc) is 3.54. The summed E-state index contributed by atoms with van der Waals surface area (Å²) < 4.78 is 13.4. The predicted octanol–water partition coefficient (Wildman–Crippen LogP) is 1.92. The molecule has 0 aliphatic carbocycles. The summed E-state index contributed by atoms with van der Waals surface area (Å²) in [7, 11) is 1.52. The largest absolute Gasteiger partial charge is 0.394 e. The summed E-state index contributed by atoms with van der Waals surface area (Å²) in [5.41, 5.74) is 7.44. The van der Waals surface area contributed by atoms with Gasteiger partial charge in [0, 0.05) is 41.5 Å². The van der Waals surface area contributed by atoms with E-state index in [1.807, 2.05) is 0 Å². The van der Waals surface area contributed by atoms with Crippen LogP contribution in [0.25, 0.3) is 22.6 Å². The summed E-state index contributed by atoms with van der Waals surface area (Å²) in [6.07, 6.45) is 5.19. The molecule has 0 saturated carbocycles. The van der Waals surface area contributed by atoms with Crippen molar-refractivity contribution in [2.24, 2.45) is 0 Å². The number of methoxy groups -OCH3 is 1. The second-order valence-corrected chi connectivity index (χ2v) is 10.3. The summed E-state index contributed by atoms with van der Waals surface area (Å²) >= 11 is 8.85. The number of thioether (sulfide) groups is 1. The van der Waals surface area contributed by atoms with Gasteiger partial charge >= 0.3 is 0 Å². The number of anilines is 1. The Bertz CT molecular complexity index is 1330. The van der Waals surface area contributed by atoms with E-state index in [0.717, 1.165) is 0 Å². The van der Waals surface area contributed by atoms with Gasteiger partial charge in [-0.1, -0.05) is 28.6 Å². The third kappa shape index (κ3) is 4.93. The van der Waals surface area contributed by atoms with Crippen molar-refractivity contribution in [1.29, 1.82) is 0 Å². The summed E-state index contributed by atoms with van der Waals surface area (Å²) in [4.78, 5) is 17.5. The fourth-order valence-corrected chi connectivity index (χ4v) is 6.04. The second kappa shape index (κ2) is 10.7. The number of pyridine rings is 1. The van der Waals surface area contributed by atoms with Crippen molar-refractivity contribution in [3.8, 4) is 22.6 Å². The molecular formula is C21H21ClN8O4S2. The number of hydrogen-bond acceptors (Lipinski definition) is 13. The Labute approximate surface area is 218 Å². The number of aliphatic hydroxyl groups excluding tert-OH is 2. The molecule has 0 spiro atoms. The minimum Gasteiger partial charge on any atom is -0.394 e. The van der Waals surface area contributed by atoms with Crippen LogP contribution < -0.4 is 5.73 Å². The average molecular weight is 549 g/mol. The fraction of sp³-hybridized carbons (Fsp3) is 0.333. The van der Waals surface area contributed by atoms with E-state index in [2.05, 4.69) is 30.2 Å². The first-order chi connectivity index (χ1) is 17.5. The molecule has 5 unspecified atom stereocenters. The Balaban J connectivity index is 1.49. The first kappa shape index (κ1) is 25.0. The molecule has 5 heterocycles. The summed E-state index contributed by atoms with van der Waals surface area (Å²) in [6, 6.07) is 1.03. The smallest absolute Gasteiger partial charge is 0.180 e. The van der Waals surface area contributed by atoms with Gasteiger partial charge in [0.15, 0.2) is 5.13 Å². The van der Waals surface area contributed by atoms with E-state index in [0.29, 0.717) is 37.7 Å². The Morgan fingerprint density at radius 2 is 2.08 bits per heavy atom. The zero-order chi connectivity index (χ0) is 25.2. The summed E-state index contributed by atoms with van der Waals surface area (Å²) in [5, 5.41) is 32.1. The Kier molecular flexibility index (Phi) is 7.43. The first-order valence-corrected chi connectivity index (χ1v) is 12.8. The lowest BCUT2D eigenvalue weighted by atomic mass is 9.97. The SMILES string of the molecule is COC1C(Sc2cc(Cl)cnc2-c2cncnc2)OC(CO)C(O)C1n1cc(-c2csc(N)n2)nn1. The van der Waals surface area contributed by atoms with Gasteiger partial charge in [-0.15, -0.1) is 16.4 Å². The molecule has 0 aromatic carbocycles. The van der Waals surface area contributed by atoms with Gasteiger partial charge < -0.3 is 25.4 Å². The van der Waals surface area contributed by atoms with Gasteiger partial charge in [-0.25, -0.2) is 19.6 Å². The third-order valence-corrected chi connectivity index (χ3v) is 7.65. The number of hydrogen-bond donors (Lipinski definition) is 3. The number of rotatable bonds is 7. The first-order valence-electron chi connectivity index (χ1n) is 10.7. The molecule has 4 aromatic heterocycles. The molecule has 15 heteroatoms. The van der Waals surface area contributed by atoms with E-state index in [-0.39, 0.29) is 0 Å². The number of ether oxygens (including phenoxy) is 2. The highest BCUT2D eigenvalue weighted by Crippen LogP contribution is 2.42. The molecule has 36 heavy (non-hydrogen) atoms. The monoisotopic (exact) mass is 548 g/mol. The van der Waals surface area contributed by atoms with Crippen molar-refractivity contribution in [2.75, 3.05) is 19.5 Å². The minimum absolute atomic E-state index is 0.409. The Morgan fingerprint density at radius 1 is 1.28 bits per heavy atom. The molecule has 5 rings (SSSR count). The predicted molar refractivity (Wildman–Crippen MR) is 133 cm³/mol. The molecule has 1 aliphatic rings. The third-order valence-electron chi connectivity index (χ3n) is 5.59. The van der Waals surface area contributed by atoms with E-state index in [9.17, 15) is 10.2 Å². The lowest BCUT2D eigenvalue weighted by Crippen LogP contribution is -2.55. The van der Waals surface area contributed by atoms with Gasteiger partial charge in [-0.3, -0.25) is 4.98 Å². The number of halogens is 1. The van der Waals surface area contributed by atoms with Crippen molar-refractivity contribution in [3.05, 3.63) is 47.6 Å². The van der Waals surface area contributed by atoms with Gasteiger partial charge in [0.05, 0.1) is 23.5 Å². The summed E-state index contributed by atoms with van der Waals surface area (Å²) in [6.45, 7) is -0.414. The molecule has 12 nitrogen and oxygen atoms in total.